The zero-order chi connectivity index (χ0) is 13.1. The molecule has 2 rings (SSSR count). The number of aliphatic hydroxyl groups is 1. The minimum Gasteiger partial charge on any atom is -0.394 e. The Morgan fingerprint density at radius 1 is 1.39 bits per heavy atom. The lowest BCUT2D eigenvalue weighted by Gasteiger charge is -2.16. The number of thiophene rings is 1. The first-order chi connectivity index (χ1) is 8.60. The molecule has 0 aliphatic heterocycles. The lowest BCUT2D eigenvalue weighted by molar-refractivity contribution is 0.278. The fraction of sp³-hybridized carbons (Fsp3) is 0.231. The van der Waals surface area contributed by atoms with Gasteiger partial charge in [0.05, 0.1) is 12.6 Å². The highest BCUT2D eigenvalue weighted by Crippen LogP contribution is 2.32. The van der Waals surface area contributed by atoms with Crippen LogP contribution in [-0.4, -0.2) is 11.7 Å². The van der Waals surface area contributed by atoms with Gasteiger partial charge in [0.1, 0.15) is 0 Å². The van der Waals surface area contributed by atoms with Gasteiger partial charge in [0.25, 0.3) is 0 Å². The number of aryl methyl sites for hydroxylation is 1. The first-order valence-electron chi connectivity index (χ1n) is 5.49. The van der Waals surface area contributed by atoms with E-state index in [2.05, 4.69) is 28.2 Å². The highest BCUT2D eigenvalue weighted by molar-refractivity contribution is 9.10. The quantitative estimate of drug-likeness (QED) is 0.847. The molecule has 18 heavy (non-hydrogen) atoms. The molecule has 0 aliphatic rings. The molecule has 0 bridgehead atoms. The highest BCUT2D eigenvalue weighted by atomic mass is 79.9. The van der Waals surface area contributed by atoms with E-state index in [0.717, 1.165) is 15.0 Å². The predicted molar refractivity (Wildman–Crippen MR) is 81.7 cm³/mol. The van der Waals surface area contributed by atoms with Gasteiger partial charge in [-0.15, -0.1) is 11.3 Å². The molecular weight excluding hydrogens is 334 g/mol. The Morgan fingerprint density at radius 2 is 2.06 bits per heavy atom. The molecule has 2 nitrogen and oxygen atoms in total. The van der Waals surface area contributed by atoms with Gasteiger partial charge >= 0.3 is 0 Å². The largest absolute Gasteiger partial charge is 0.394 e. The van der Waals surface area contributed by atoms with Crippen molar-refractivity contribution >= 4 is 44.6 Å². The van der Waals surface area contributed by atoms with Crippen molar-refractivity contribution in [3.63, 3.8) is 0 Å². The molecule has 0 saturated heterocycles. The average molecular weight is 347 g/mol. The summed E-state index contributed by atoms with van der Waals surface area (Å²) in [4.78, 5) is 2.32. The summed E-state index contributed by atoms with van der Waals surface area (Å²) in [5, 5.41) is 13.5. The van der Waals surface area contributed by atoms with Gasteiger partial charge in [-0.1, -0.05) is 11.6 Å². The Hall–Kier alpha value is -0.550. The maximum absolute atomic E-state index is 9.50. The van der Waals surface area contributed by atoms with E-state index in [1.54, 1.807) is 11.3 Å². The highest BCUT2D eigenvalue weighted by Gasteiger charge is 2.14. The van der Waals surface area contributed by atoms with Crippen molar-refractivity contribution in [2.45, 2.75) is 13.0 Å². The molecule has 0 spiro atoms. The van der Waals surface area contributed by atoms with Crippen molar-refractivity contribution in [1.29, 1.82) is 0 Å². The Labute approximate surface area is 124 Å². The van der Waals surface area contributed by atoms with Gasteiger partial charge in [0.2, 0.25) is 0 Å². The standard InChI is InChI=1S/C13H13BrClNOS/c1-8-11(14)6-13(18-8)12(7-17)16-10-4-2-9(15)3-5-10/h2-6,12,16-17H,7H2,1H3. The van der Waals surface area contributed by atoms with Crippen LogP contribution in [0.15, 0.2) is 34.8 Å². The van der Waals surface area contributed by atoms with Crippen LogP contribution in [-0.2, 0) is 0 Å². The Morgan fingerprint density at radius 3 is 2.56 bits per heavy atom. The molecule has 1 unspecified atom stereocenters. The third-order valence-corrected chi connectivity index (χ3v) is 5.09. The molecular formula is C13H13BrClNOS. The lowest BCUT2D eigenvalue weighted by Crippen LogP contribution is -2.13. The summed E-state index contributed by atoms with van der Waals surface area (Å²) in [7, 11) is 0. The zero-order valence-electron chi connectivity index (χ0n) is 9.78. The summed E-state index contributed by atoms with van der Waals surface area (Å²) < 4.78 is 1.08. The van der Waals surface area contributed by atoms with E-state index in [1.807, 2.05) is 30.3 Å². The average Bonchev–Trinajstić information content (AvgIpc) is 2.69. The van der Waals surface area contributed by atoms with Crippen LogP contribution in [0.5, 0.6) is 0 Å². The summed E-state index contributed by atoms with van der Waals surface area (Å²) >= 11 is 11.0. The minimum atomic E-state index is -0.0961. The van der Waals surface area contributed by atoms with Crippen molar-refractivity contribution < 1.29 is 5.11 Å². The van der Waals surface area contributed by atoms with E-state index in [-0.39, 0.29) is 12.6 Å². The minimum absolute atomic E-state index is 0.0506. The molecule has 0 radical (unpaired) electrons. The van der Waals surface area contributed by atoms with E-state index in [9.17, 15) is 5.11 Å². The second kappa shape index (κ2) is 6.06. The van der Waals surface area contributed by atoms with Crippen molar-refractivity contribution in [2.75, 3.05) is 11.9 Å². The Balaban J connectivity index is 2.16. The normalized spacial score (nSPS) is 12.4. The first kappa shape index (κ1) is 13.9. The van der Waals surface area contributed by atoms with Gasteiger partial charge in [-0.2, -0.15) is 0 Å². The molecule has 1 aromatic heterocycles. The van der Waals surface area contributed by atoms with Crippen LogP contribution in [0.3, 0.4) is 0 Å². The maximum atomic E-state index is 9.50. The molecule has 2 N–H and O–H groups in total. The van der Waals surface area contributed by atoms with Gasteiger partial charge in [-0.25, -0.2) is 0 Å². The fourth-order valence-corrected chi connectivity index (χ4v) is 3.34. The van der Waals surface area contributed by atoms with Gasteiger partial charge < -0.3 is 10.4 Å². The molecule has 0 aliphatic carbocycles. The second-order valence-corrected chi connectivity index (χ2v) is 6.52. The topological polar surface area (TPSA) is 32.3 Å². The Bertz CT molecular complexity index is 507. The number of hydrogen-bond acceptors (Lipinski definition) is 3. The van der Waals surface area contributed by atoms with E-state index in [4.69, 9.17) is 11.6 Å². The van der Waals surface area contributed by atoms with E-state index in [0.29, 0.717) is 5.02 Å². The molecule has 0 amide bonds. The van der Waals surface area contributed by atoms with Gasteiger partial charge in [0.15, 0.2) is 0 Å². The molecule has 5 heteroatoms. The first-order valence-corrected chi connectivity index (χ1v) is 7.47. The summed E-state index contributed by atoms with van der Waals surface area (Å²) in [5.41, 5.74) is 0.945. The van der Waals surface area contributed by atoms with Gasteiger partial charge in [-0.3, -0.25) is 0 Å². The number of aliphatic hydroxyl groups excluding tert-OH is 1. The number of halogens is 2. The van der Waals surface area contributed by atoms with Crippen LogP contribution in [0, 0.1) is 6.92 Å². The van der Waals surface area contributed by atoms with Gasteiger partial charge in [-0.05, 0) is 53.2 Å². The monoisotopic (exact) mass is 345 g/mol. The molecule has 1 atom stereocenters. The van der Waals surface area contributed by atoms with Crippen LogP contribution in [0.4, 0.5) is 5.69 Å². The van der Waals surface area contributed by atoms with Crippen molar-refractivity contribution in [3.8, 4) is 0 Å². The molecule has 1 heterocycles. The Kier molecular flexibility index (Phi) is 4.67. The SMILES string of the molecule is Cc1sc(C(CO)Nc2ccc(Cl)cc2)cc1Br. The van der Waals surface area contributed by atoms with Crippen LogP contribution >= 0.6 is 38.9 Å². The number of benzene rings is 1. The summed E-state index contributed by atoms with van der Waals surface area (Å²) in [6.07, 6.45) is 0. The van der Waals surface area contributed by atoms with Crippen LogP contribution in [0.1, 0.15) is 15.8 Å². The summed E-state index contributed by atoms with van der Waals surface area (Å²) in [6.45, 7) is 2.10. The van der Waals surface area contributed by atoms with E-state index in [1.165, 1.54) is 4.88 Å². The zero-order valence-corrected chi connectivity index (χ0v) is 12.9. The maximum Gasteiger partial charge on any atom is 0.0838 e. The molecule has 0 fully saturated rings. The summed E-state index contributed by atoms with van der Waals surface area (Å²) in [6, 6.07) is 9.41. The number of hydrogen-bond donors (Lipinski definition) is 2. The smallest absolute Gasteiger partial charge is 0.0838 e. The third kappa shape index (κ3) is 3.26. The molecule has 1 aromatic carbocycles. The van der Waals surface area contributed by atoms with Crippen LogP contribution in [0.2, 0.25) is 5.02 Å². The number of nitrogens with one attached hydrogen (secondary N) is 1. The van der Waals surface area contributed by atoms with E-state index >= 15 is 0 Å². The fourth-order valence-electron chi connectivity index (χ4n) is 1.61. The van der Waals surface area contributed by atoms with Crippen LogP contribution in [0.25, 0.3) is 0 Å². The van der Waals surface area contributed by atoms with Gasteiger partial charge in [0, 0.05) is 24.9 Å². The predicted octanol–water partition coefficient (Wildman–Crippen LogP) is 4.62. The number of anilines is 1. The van der Waals surface area contributed by atoms with Crippen LogP contribution < -0.4 is 5.32 Å². The van der Waals surface area contributed by atoms with Crippen molar-refractivity contribution in [2.24, 2.45) is 0 Å². The lowest BCUT2D eigenvalue weighted by atomic mass is 10.2. The molecule has 96 valence electrons. The third-order valence-electron chi connectivity index (χ3n) is 2.59. The van der Waals surface area contributed by atoms with Crippen molar-refractivity contribution in [3.05, 3.63) is 49.6 Å². The second-order valence-electron chi connectivity index (χ2n) is 3.94. The number of rotatable bonds is 4. The molecule has 2 aromatic rings. The summed E-state index contributed by atoms with van der Waals surface area (Å²) in [5.74, 6) is 0. The van der Waals surface area contributed by atoms with Crippen molar-refractivity contribution in [1.82, 2.24) is 0 Å². The molecule has 0 saturated carbocycles. The van der Waals surface area contributed by atoms with E-state index < -0.39 is 0 Å².